The Morgan fingerprint density at radius 3 is 2.70 bits per heavy atom. The van der Waals surface area contributed by atoms with Crippen molar-refractivity contribution >= 4 is 34.0 Å². The molecule has 1 amide bonds. The highest BCUT2D eigenvalue weighted by molar-refractivity contribution is 7.15. The number of amides is 1. The van der Waals surface area contributed by atoms with E-state index in [1.165, 1.54) is 11.3 Å². The van der Waals surface area contributed by atoms with Crippen LogP contribution in [0, 0.1) is 5.92 Å². The molecule has 1 aromatic carbocycles. The molecule has 1 aliphatic rings. The lowest BCUT2D eigenvalue weighted by molar-refractivity contribution is -0.122. The van der Waals surface area contributed by atoms with Crippen LogP contribution in [0.25, 0.3) is 0 Å². The average Bonchev–Trinajstić information content (AvgIpc) is 2.77. The van der Waals surface area contributed by atoms with Crippen molar-refractivity contribution in [1.82, 2.24) is 10.2 Å². The molecule has 0 radical (unpaired) electrons. The number of aromatic nitrogens is 2. The van der Waals surface area contributed by atoms with Gasteiger partial charge in [-0.05, 0) is 30.5 Å². The van der Waals surface area contributed by atoms with Crippen molar-refractivity contribution in [2.45, 2.75) is 25.7 Å². The molecule has 0 spiro atoms. The molecule has 0 bridgehead atoms. The van der Waals surface area contributed by atoms with E-state index in [0.29, 0.717) is 11.6 Å². The number of hydrogen-bond donors (Lipinski definition) is 1. The van der Waals surface area contributed by atoms with E-state index < -0.39 is 0 Å². The van der Waals surface area contributed by atoms with Crippen LogP contribution in [-0.2, 0) is 11.2 Å². The van der Waals surface area contributed by atoms with Crippen LogP contribution < -0.4 is 5.32 Å². The number of rotatable bonds is 4. The van der Waals surface area contributed by atoms with Crippen molar-refractivity contribution in [3.05, 3.63) is 39.9 Å². The molecule has 2 aromatic rings. The third kappa shape index (κ3) is 3.16. The Morgan fingerprint density at radius 1 is 1.30 bits per heavy atom. The molecule has 104 valence electrons. The van der Waals surface area contributed by atoms with E-state index in [4.69, 9.17) is 11.6 Å². The standard InChI is InChI=1S/C14H14ClN3OS/c15-11-6-4-9(5-7-11)8-12-17-18-14(20-12)16-13(19)10-2-1-3-10/h4-7,10H,1-3,8H2,(H,16,18,19). The second kappa shape index (κ2) is 5.89. The Bertz CT molecular complexity index is 607. The van der Waals surface area contributed by atoms with E-state index in [1.807, 2.05) is 24.3 Å². The molecular weight excluding hydrogens is 294 g/mol. The molecule has 1 heterocycles. The largest absolute Gasteiger partial charge is 0.300 e. The maximum atomic E-state index is 11.8. The fourth-order valence-electron chi connectivity index (χ4n) is 2.03. The smallest absolute Gasteiger partial charge is 0.229 e. The summed E-state index contributed by atoms with van der Waals surface area (Å²) in [6.45, 7) is 0. The molecule has 1 N–H and O–H groups in total. The van der Waals surface area contributed by atoms with E-state index in [2.05, 4.69) is 15.5 Å². The molecule has 1 fully saturated rings. The number of nitrogens with one attached hydrogen (secondary N) is 1. The van der Waals surface area contributed by atoms with Gasteiger partial charge in [0, 0.05) is 17.4 Å². The molecule has 3 rings (SSSR count). The van der Waals surface area contributed by atoms with Gasteiger partial charge in [0.15, 0.2) is 0 Å². The van der Waals surface area contributed by atoms with Crippen LogP contribution in [-0.4, -0.2) is 16.1 Å². The predicted octanol–water partition coefficient (Wildman–Crippen LogP) is 3.52. The molecule has 0 aliphatic heterocycles. The normalized spacial score (nSPS) is 14.8. The minimum absolute atomic E-state index is 0.0745. The number of hydrogen-bond acceptors (Lipinski definition) is 4. The first-order valence-corrected chi connectivity index (χ1v) is 7.78. The van der Waals surface area contributed by atoms with Crippen molar-refractivity contribution < 1.29 is 4.79 Å². The van der Waals surface area contributed by atoms with E-state index in [9.17, 15) is 4.79 Å². The van der Waals surface area contributed by atoms with Crippen molar-refractivity contribution in [3.8, 4) is 0 Å². The minimum atomic E-state index is 0.0745. The maximum absolute atomic E-state index is 11.8. The van der Waals surface area contributed by atoms with Gasteiger partial charge in [0.1, 0.15) is 5.01 Å². The summed E-state index contributed by atoms with van der Waals surface area (Å²) in [6.07, 6.45) is 3.83. The maximum Gasteiger partial charge on any atom is 0.229 e. The average molecular weight is 308 g/mol. The van der Waals surface area contributed by atoms with Crippen molar-refractivity contribution in [3.63, 3.8) is 0 Å². The summed E-state index contributed by atoms with van der Waals surface area (Å²) < 4.78 is 0. The van der Waals surface area contributed by atoms with Gasteiger partial charge in [-0.2, -0.15) is 0 Å². The quantitative estimate of drug-likeness (QED) is 0.940. The number of benzene rings is 1. The van der Waals surface area contributed by atoms with E-state index in [1.54, 1.807) is 0 Å². The number of halogens is 1. The Morgan fingerprint density at radius 2 is 2.05 bits per heavy atom. The number of anilines is 1. The first-order chi connectivity index (χ1) is 9.70. The van der Waals surface area contributed by atoms with Crippen LogP contribution in [0.2, 0.25) is 5.02 Å². The lowest BCUT2D eigenvalue weighted by atomic mass is 9.85. The van der Waals surface area contributed by atoms with Gasteiger partial charge >= 0.3 is 0 Å². The third-order valence-corrected chi connectivity index (χ3v) is 4.53. The van der Waals surface area contributed by atoms with Crippen LogP contribution in [0.3, 0.4) is 0 Å². The fraction of sp³-hybridized carbons (Fsp3) is 0.357. The van der Waals surface area contributed by atoms with Crippen LogP contribution >= 0.6 is 22.9 Å². The van der Waals surface area contributed by atoms with Crippen LogP contribution in [0.15, 0.2) is 24.3 Å². The Hall–Kier alpha value is -1.46. The Balaban J connectivity index is 1.61. The van der Waals surface area contributed by atoms with Gasteiger partial charge in [0.05, 0.1) is 0 Å². The summed E-state index contributed by atoms with van der Waals surface area (Å²) in [4.78, 5) is 11.8. The lowest BCUT2D eigenvalue weighted by Gasteiger charge is -2.23. The number of nitrogens with zero attached hydrogens (tertiary/aromatic N) is 2. The lowest BCUT2D eigenvalue weighted by Crippen LogP contribution is -2.27. The van der Waals surface area contributed by atoms with Crippen molar-refractivity contribution in [2.75, 3.05) is 5.32 Å². The first-order valence-electron chi connectivity index (χ1n) is 6.58. The van der Waals surface area contributed by atoms with E-state index >= 15 is 0 Å². The highest BCUT2D eigenvalue weighted by Crippen LogP contribution is 2.28. The summed E-state index contributed by atoms with van der Waals surface area (Å²) >= 11 is 7.28. The fourth-order valence-corrected chi connectivity index (χ4v) is 2.93. The molecule has 0 saturated heterocycles. The highest BCUT2D eigenvalue weighted by atomic mass is 35.5. The highest BCUT2D eigenvalue weighted by Gasteiger charge is 2.25. The molecule has 4 nitrogen and oxygen atoms in total. The molecule has 20 heavy (non-hydrogen) atoms. The summed E-state index contributed by atoms with van der Waals surface area (Å²) in [5.74, 6) is 0.240. The van der Waals surface area contributed by atoms with Gasteiger partial charge in [0.2, 0.25) is 11.0 Å². The van der Waals surface area contributed by atoms with E-state index in [-0.39, 0.29) is 11.8 Å². The van der Waals surface area contributed by atoms with Gasteiger partial charge in [0.25, 0.3) is 0 Å². The van der Waals surface area contributed by atoms with Crippen LogP contribution in [0.5, 0.6) is 0 Å². The van der Waals surface area contributed by atoms with Crippen molar-refractivity contribution in [1.29, 1.82) is 0 Å². The Kier molecular flexibility index (Phi) is 3.98. The van der Waals surface area contributed by atoms with Crippen LogP contribution in [0.1, 0.15) is 29.8 Å². The molecule has 0 unspecified atom stereocenters. The topological polar surface area (TPSA) is 54.9 Å². The number of carbonyl (C=O) groups excluding carboxylic acids is 1. The second-order valence-electron chi connectivity index (χ2n) is 4.92. The predicted molar refractivity (Wildman–Crippen MR) is 80.1 cm³/mol. The molecule has 1 aromatic heterocycles. The van der Waals surface area contributed by atoms with Gasteiger partial charge < -0.3 is 5.32 Å². The zero-order chi connectivity index (χ0) is 13.9. The van der Waals surface area contributed by atoms with Gasteiger partial charge in [-0.3, -0.25) is 4.79 Å². The van der Waals surface area contributed by atoms with Crippen LogP contribution in [0.4, 0.5) is 5.13 Å². The summed E-state index contributed by atoms with van der Waals surface area (Å²) in [7, 11) is 0. The van der Waals surface area contributed by atoms with E-state index in [0.717, 1.165) is 34.9 Å². The monoisotopic (exact) mass is 307 g/mol. The summed E-state index contributed by atoms with van der Waals surface area (Å²) in [6, 6.07) is 7.65. The first kappa shape index (κ1) is 13.5. The van der Waals surface area contributed by atoms with Gasteiger partial charge in [-0.25, -0.2) is 0 Å². The third-order valence-electron chi connectivity index (χ3n) is 3.44. The second-order valence-corrected chi connectivity index (χ2v) is 6.42. The zero-order valence-corrected chi connectivity index (χ0v) is 12.4. The molecular formula is C14H14ClN3OS. The summed E-state index contributed by atoms with van der Waals surface area (Å²) in [5.41, 5.74) is 1.13. The molecule has 1 aliphatic carbocycles. The Labute approximate surface area is 126 Å². The minimum Gasteiger partial charge on any atom is -0.300 e. The molecule has 6 heteroatoms. The SMILES string of the molecule is O=C(Nc1nnc(Cc2ccc(Cl)cc2)s1)C1CCC1. The van der Waals surface area contributed by atoms with Gasteiger partial charge in [-0.15, -0.1) is 10.2 Å². The number of carbonyl (C=O) groups is 1. The van der Waals surface area contributed by atoms with Crippen molar-refractivity contribution in [2.24, 2.45) is 5.92 Å². The molecule has 1 saturated carbocycles. The zero-order valence-electron chi connectivity index (χ0n) is 10.8. The van der Waals surface area contributed by atoms with Gasteiger partial charge in [-0.1, -0.05) is 41.5 Å². The molecule has 0 atom stereocenters. The summed E-state index contributed by atoms with van der Waals surface area (Å²) in [5, 5.41) is 13.2.